The van der Waals surface area contributed by atoms with E-state index in [2.05, 4.69) is 32.1 Å². The molecule has 0 rings (SSSR count). The Morgan fingerprint density at radius 2 is 1.33 bits per heavy atom. The van der Waals surface area contributed by atoms with Crippen molar-refractivity contribution in [3.63, 3.8) is 0 Å². The van der Waals surface area contributed by atoms with Crippen molar-refractivity contribution >= 4 is 29.7 Å². The van der Waals surface area contributed by atoms with Crippen molar-refractivity contribution in [3.8, 4) is 0 Å². The van der Waals surface area contributed by atoms with Crippen molar-refractivity contribution in [1.82, 2.24) is 0 Å². The highest BCUT2D eigenvalue weighted by atomic mass is 32.2. The number of thioether (sulfide) groups is 1. The van der Waals surface area contributed by atoms with Crippen LogP contribution < -0.4 is 5.73 Å². The lowest BCUT2D eigenvalue weighted by molar-refractivity contribution is -0.162. The van der Waals surface area contributed by atoms with E-state index < -0.39 is 42.0 Å². The van der Waals surface area contributed by atoms with Gasteiger partial charge in [0, 0.05) is 23.8 Å². The van der Waals surface area contributed by atoms with Crippen molar-refractivity contribution < 1.29 is 39.2 Å². The van der Waals surface area contributed by atoms with Gasteiger partial charge in [0.05, 0.1) is 12.7 Å². The third-order valence-corrected chi connectivity index (χ3v) is 10.0. The molecule has 4 atom stereocenters. The van der Waals surface area contributed by atoms with Gasteiger partial charge >= 0.3 is 17.9 Å². The number of aliphatic hydroxyl groups is 2. The van der Waals surface area contributed by atoms with Crippen molar-refractivity contribution in [1.29, 1.82) is 0 Å². The zero-order valence-electron chi connectivity index (χ0n) is 32.5. The van der Waals surface area contributed by atoms with Crippen LogP contribution in [0.2, 0.25) is 0 Å². The summed E-state index contributed by atoms with van der Waals surface area (Å²) in [7, 11) is 0. The Morgan fingerprint density at radius 1 is 0.731 bits per heavy atom. The molecule has 0 fully saturated rings. The third kappa shape index (κ3) is 32.3. The molecule has 0 aromatic rings. The van der Waals surface area contributed by atoms with Gasteiger partial charge in [0.2, 0.25) is 0 Å². The highest BCUT2D eigenvalue weighted by Gasteiger charge is 2.24. The van der Waals surface area contributed by atoms with E-state index in [0.717, 1.165) is 32.1 Å². The van der Waals surface area contributed by atoms with Gasteiger partial charge in [-0.05, 0) is 38.5 Å². The highest BCUT2D eigenvalue weighted by Crippen LogP contribution is 2.22. The van der Waals surface area contributed by atoms with Crippen molar-refractivity contribution in [2.24, 2.45) is 5.73 Å². The minimum absolute atomic E-state index is 0.0473. The Morgan fingerprint density at radius 3 is 1.94 bits per heavy atom. The minimum atomic E-state index is -1.05. The Kier molecular flexibility index (Phi) is 35.2. The zero-order chi connectivity index (χ0) is 38.5. The summed E-state index contributed by atoms with van der Waals surface area (Å²) >= 11 is 1.26. The van der Waals surface area contributed by atoms with Crippen molar-refractivity contribution in [2.75, 3.05) is 19.0 Å². The summed E-state index contributed by atoms with van der Waals surface area (Å²) in [5, 5.41) is 29.0. The first kappa shape index (κ1) is 49.6. The fourth-order valence-corrected chi connectivity index (χ4v) is 6.51. The molecule has 0 aliphatic rings. The fourth-order valence-electron chi connectivity index (χ4n) is 5.39. The minimum Gasteiger partial charge on any atom is -0.481 e. The number of rotatable bonds is 36. The van der Waals surface area contributed by atoms with Gasteiger partial charge in [0.15, 0.2) is 6.10 Å². The predicted octanol–water partition coefficient (Wildman–Crippen LogP) is 9.16. The maximum absolute atomic E-state index is 12.7. The third-order valence-electron chi connectivity index (χ3n) is 8.63. The second-order valence-corrected chi connectivity index (χ2v) is 14.8. The summed E-state index contributed by atoms with van der Waals surface area (Å²) in [6, 6.07) is -1.05. The van der Waals surface area contributed by atoms with Crippen LogP contribution in [0.5, 0.6) is 0 Å². The van der Waals surface area contributed by atoms with Crippen LogP contribution in [0.15, 0.2) is 48.6 Å². The number of ether oxygens (including phenoxy) is 2. The van der Waals surface area contributed by atoms with Gasteiger partial charge in [0.1, 0.15) is 12.6 Å². The maximum atomic E-state index is 12.7. The molecule has 52 heavy (non-hydrogen) atoms. The molecule has 0 bridgehead atoms. The van der Waals surface area contributed by atoms with E-state index in [9.17, 15) is 24.6 Å². The molecule has 0 aliphatic carbocycles. The van der Waals surface area contributed by atoms with Gasteiger partial charge < -0.3 is 30.5 Å². The number of hydrogen-bond acceptors (Lipinski definition) is 9. The number of nitrogens with two attached hydrogens (primary N) is 1. The maximum Gasteiger partial charge on any atom is 0.324 e. The lowest BCUT2D eigenvalue weighted by Crippen LogP contribution is -2.40. The largest absolute Gasteiger partial charge is 0.481 e. The monoisotopic (exact) mass is 752 g/mol. The number of unbranched alkanes of at least 4 members (excludes halogenated alkanes) is 15. The number of carboxylic acids is 1. The number of aliphatic hydroxyl groups excluding tert-OH is 2. The van der Waals surface area contributed by atoms with Gasteiger partial charge in [-0.2, -0.15) is 0 Å². The Bertz CT molecular complexity index is 998. The number of carbonyl (C=O) groups excluding carboxylic acids is 2. The Balaban J connectivity index is 4.54. The molecule has 0 aliphatic heterocycles. The van der Waals surface area contributed by atoms with E-state index in [1.54, 1.807) is 12.2 Å². The van der Waals surface area contributed by atoms with Gasteiger partial charge in [-0.1, -0.05) is 152 Å². The summed E-state index contributed by atoms with van der Waals surface area (Å²) in [6.45, 7) is 3.68. The summed E-state index contributed by atoms with van der Waals surface area (Å²) in [4.78, 5) is 35.8. The standard InChI is InChI=1S/C42H73NO8S/c1-3-5-7-9-11-13-15-17-19-21-23-25-27-32-41(48)50-34-36(33-44)51-42(49)37(43)35-52-39(38(45)29-28-31-40(46)47)30-26-24-22-20-18-16-14-12-10-8-6-4-2/h12,14,18,20,22,24,26,30,36-39,44-45H,3-11,13,15-17,19,21,23,25,27-29,31-35,43H2,1-2H3,(H,46,47)/b14-12-,20-18-,24-22+,30-26+/t36-,37-,38-,39+/m0/s1. The van der Waals surface area contributed by atoms with Crippen molar-refractivity contribution in [3.05, 3.63) is 48.6 Å². The zero-order valence-corrected chi connectivity index (χ0v) is 33.3. The van der Waals surface area contributed by atoms with Crippen LogP contribution in [0, 0.1) is 0 Å². The lowest BCUT2D eigenvalue weighted by atomic mass is 10.0. The number of carboxylic acid groups (broad SMARTS) is 1. The SMILES string of the molecule is CCCCC/C=C\C\C=C/C=C/C=C/[C@@H](SC[C@H](N)C(=O)O[C@@H](CO)COC(=O)CCCCCCCCCCCCCCC)[C@@H](O)CCCC(=O)O. The summed E-state index contributed by atoms with van der Waals surface area (Å²) in [5.74, 6) is -1.93. The first-order chi connectivity index (χ1) is 25.2. The average Bonchev–Trinajstić information content (AvgIpc) is 3.13. The molecule has 0 saturated heterocycles. The molecule has 0 amide bonds. The van der Waals surface area contributed by atoms with Crippen LogP contribution in [0.1, 0.15) is 155 Å². The second-order valence-electron chi connectivity index (χ2n) is 13.6. The van der Waals surface area contributed by atoms with Gasteiger partial charge in [0.25, 0.3) is 0 Å². The molecular formula is C42H73NO8S. The summed E-state index contributed by atoms with van der Waals surface area (Å²) in [5.41, 5.74) is 6.10. The number of esters is 2. The quantitative estimate of drug-likeness (QED) is 0.0211. The van der Waals surface area contributed by atoms with Crippen LogP contribution in [0.4, 0.5) is 0 Å². The first-order valence-corrected chi connectivity index (χ1v) is 21.2. The van der Waals surface area contributed by atoms with Crippen LogP contribution in [0.3, 0.4) is 0 Å². The van der Waals surface area contributed by atoms with E-state index >= 15 is 0 Å². The summed E-state index contributed by atoms with van der Waals surface area (Å²) < 4.78 is 10.6. The van der Waals surface area contributed by atoms with E-state index in [-0.39, 0.29) is 37.6 Å². The summed E-state index contributed by atoms with van der Waals surface area (Å²) in [6.07, 6.45) is 36.2. The molecule has 0 aromatic heterocycles. The molecule has 0 saturated carbocycles. The highest BCUT2D eigenvalue weighted by molar-refractivity contribution is 8.00. The van der Waals surface area contributed by atoms with Gasteiger partial charge in [-0.15, -0.1) is 11.8 Å². The number of carbonyl (C=O) groups is 3. The van der Waals surface area contributed by atoms with Crippen LogP contribution in [-0.2, 0) is 23.9 Å². The van der Waals surface area contributed by atoms with E-state index in [1.165, 1.54) is 95.2 Å². The molecular weight excluding hydrogens is 679 g/mol. The predicted molar refractivity (Wildman–Crippen MR) is 215 cm³/mol. The average molecular weight is 752 g/mol. The molecule has 10 heteroatoms. The van der Waals surface area contributed by atoms with E-state index in [4.69, 9.17) is 20.3 Å². The number of allylic oxidation sites excluding steroid dienone is 7. The molecule has 0 radical (unpaired) electrons. The van der Waals surface area contributed by atoms with Gasteiger partial charge in [-0.3, -0.25) is 14.4 Å². The molecule has 0 aromatic carbocycles. The fraction of sp³-hybridized carbons (Fsp3) is 0.738. The molecule has 9 nitrogen and oxygen atoms in total. The number of hydrogen-bond donors (Lipinski definition) is 4. The molecule has 0 spiro atoms. The van der Waals surface area contributed by atoms with E-state index in [0.29, 0.717) is 6.42 Å². The van der Waals surface area contributed by atoms with Gasteiger partial charge in [-0.25, -0.2) is 0 Å². The first-order valence-electron chi connectivity index (χ1n) is 20.1. The van der Waals surface area contributed by atoms with Crippen LogP contribution >= 0.6 is 11.8 Å². The molecule has 0 heterocycles. The normalized spacial score (nSPS) is 14.4. The van der Waals surface area contributed by atoms with E-state index in [1.807, 2.05) is 18.2 Å². The number of aliphatic carboxylic acids is 1. The molecule has 300 valence electrons. The molecule has 5 N–H and O–H groups in total. The van der Waals surface area contributed by atoms with Crippen LogP contribution in [-0.4, -0.2) is 75.7 Å². The smallest absolute Gasteiger partial charge is 0.324 e. The van der Waals surface area contributed by atoms with Crippen molar-refractivity contribution in [2.45, 2.75) is 179 Å². The lowest BCUT2D eigenvalue weighted by Gasteiger charge is -2.22. The Labute approximate surface area is 320 Å². The molecule has 0 unspecified atom stereocenters. The topological polar surface area (TPSA) is 156 Å². The Hall–Kier alpha value is -2.40. The second kappa shape index (κ2) is 36.9. The van der Waals surface area contributed by atoms with Crippen LogP contribution in [0.25, 0.3) is 0 Å².